The van der Waals surface area contributed by atoms with Gasteiger partial charge < -0.3 is 0 Å². The Hall–Kier alpha value is -0.850. The van der Waals surface area contributed by atoms with Crippen LogP contribution in [0.3, 0.4) is 0 Å². The summed E-state index contributed by atoms with van der Waals surface area (Å²) in [7, 11) is 0. The molecular weight excluding hydrogens is 270 g/mol. The molecular formula is C12H10BrNS. The first-order valence-electron chi connectivity index (χ1n) is 4.76. The van der Waals surface area contributed by atoms with Crippen LogP contribution in [-0.4, -0.2) is 5.33 Å². The summed E-state index contributed by atoms with van der Waals surface area (Å²) in [6.45, 7) is 0. The molecule has 0 bridgehead atoms. The van der Waals surface area contributed by atoms with Gasteiger partial charge in [0.05, 0.1) is 12.0 Å². The fraction of sp³-hybridized carbons (Fsp3) is 0.250. The van der Waals surface area contributed by atoms with Gasteiger partial charge in [-0.25, -0.2) is 0 Å². The van der Waals surface area contributed by atoms with E-state index in [9.17, 15) is 0 Å². The molecule has 2 rings (SSSR count). The van der Waals surface area contributed by atoms with Gasteiger partial charge in [-0.2, -0.15) is 5.26 Å². The van der Waals surface area contributed by atoms with Crippen molar-refractivity contribution in [2.24, 2.45) is 5.92 Å². The molecule has 0 fully saturated rings. The Kier molecular flexibility index (Phi) is 3.40. The average Bonchev–Trinajstić information content (AvgIpc) is 2.69. The fourth-order valence-electron chi connectivity index (χ4n) is 1.59. The Bertz CT molecular complexity index is 498. The molecule has 15 heavy (non-hydrogen) atoms. The van der Waals surface area contributed by atoms with Crippen molar-refractivity contribution in [3.8, 4) is 6.07 Å². The fourth-order valence-corrected chi connectivity index (χ4v) is 2.94. The molecule has 76 valence electrons. The summed E-state index contributed by atoms with van der Waals surface area (Å²) in [5, 5.41) is 13.1. The number of fused-ring (bicyclic) bond motifs is 1. The number of nitrogens with zero attached hydrogens (tertiary/aromatic N) is 1. The van der Waals surface area contributed by atoms with Gasteiger partial charge in [0.1, 0.15) is 0 Å². The van der Waals surface area contributed by atoms with Crippen LogP contribution < -0.4 is 0 Å². The van der Waals surface area contributed by atoms with E-state index in [-0.39, 0.29) is 5.92 Å². The van der Waals surface area contributed by atoms with Crippen LogP contribution in [0.4, 0.5) is 0 Å². The van der Waals surface area contributed by atoms with Gasteiger partial charge in [-0.3, -0.25) is 0 Å². The van der Waals surface area contributed by atoms with E-state index in [1.165, 1.54) is 15.6 Å². The summed E-state index contributed by atoms with van der Waals surface area (Å²) in [4.78, 5) is 0. The first kappa shape index (κ1) is 10.7. The third-order valence-corrected chi connectivity index (χ3v) is 4.19. The maximum atomic E-state index is 8.92. The zero-order valence-corrected chi connectivity index (χ0v) is 10.5. The van der Waals surface area contributed by atoms with E-state index in [0.717, 1.165) is 11.8 Å². The molecule has 0 saturated heterocycles. The minimum absolute atomic E-state index is 0.0722. The smallest absolute Gasteiger partial charge is 0.0668 e. The van der Waals surface area contributed by atoms with Crippen molar-refractivity contribution in [1.82, 2.24) is 0 Å². The van der Waals surface area contributed by atoms with Gasteiger partial charge in [0.25, 0.3) is 0 Å². The standard InChI is InChI=1S/C12H10BrNS/c13-6-9(7-14)5-10-8-15-12-4-2-1-3-11(10)12/h1-4,8-9H,5-6H2. The number of hydrogen-bond acceptors (Lipinski definition) is 2. The highest BCUT2D eigenvalue weighted by Gasteiger charge is 2.10. The summed E-state index contributed by atoms with van der Waals surface area (Å²) in [6, 6.07) is 10.7. The number of alkyl halides is 1. The van der Waals surface area contributed by atoms with E-state index in [1.54, 1.807) is 11.3 Å². The first-order chi connectivity index (χ1) is 7.35. The molecule has 0 radical (unpaired) electrons. The Morgan fingerprint density at radius 1 is 1.40 bits per heavy atom. The molecule has 1 atom stereocenters. The van der Waals surface area contributed by atoms with Gasteiger partial charge in [0, 0.05) is 10.0 Å². The van der Waals surface area contributed by atoms with Gasteiger partial charge in [0.15, 0.2) is 0 Å². The molecule has 3 heteroatoms. The predicted molar refractivity (Wildman–Crippen MR) is 68.4 cm³/mol. The molecule has 0 spiro atoms. The van der Waals surface area contributed by atoms with Crippen LogP contribution >= 0.6 is 27.3 Å². The number of halogens is 1. The molecule has 1 aromatic carbocycles. The lowest BCUT2D eigenvalue weighted by molar-refractivity contribution is 0.762. The van der Waals surface area contributed by atoms with Crippen LogP contribution in [0.1, 0.15) is 5.56 Å². The minimum atomic E-state index is 0.0722. The van der Waals surface area contributed by atoms with Crippen LogP contribution in [0.25, 0.3) is 10.1 Å². The van der Waals surface area contributed by atoms with Crippen molar-refractivity contribution in [1.29, 1.82) is 5.26 Å². The summed E-state index contributed by atoms with van der Waals surface area (Å²) >= 11 is 5.12. The zero-order chi connectivity index (χ0) is 10.7. The van der Waals surface area contributed by atoms with E-state index in [0.29, 0.717) is 0 Å². The normalized spacial score (nSPS) is 12.5. The third kappa shape index (κ3) is 2.22. The highest BCUT2D eigenvalue weighted by Crippen LogP contribution is 2.27. The van der Waals surface area contributed by atoms with Crippen molar-refractivity contribution in [3.63, 3.8) is 0 Å². The van der Waals surface area contributed by atoms with E-state index in [1.807, 2.05) is 6.07 Å². The van der Waals surface area contributed by atoms with Crippen LogP contribution in [0.2, 0.25) is 0 Å². The third-order valence-electron chi connectivity index (χ3n) is 2.40. The van der Waals surface area contributed by atoms with Gasteiger partial charge in [-0.05, 0) is 28.8 Å². The molecule has 2 aromatic rings. The Balaban J connectivity index is 2.33. The molecule has 1 unspecified atom stereocenters. The molecule has 0 aliphatic carbocycles. The second kappa shape index (κ2) is 4.78. The van der Waals surface area contributed by atoms with Gasteiger partial charge in [-0.1, -0.05) is 34.1 Å². The maximum Gasteiger partial charge on any atom is 0.0668 e. The monoisotopic (exact) mass is 279 g/mol. The van der Waals surface area contributed by atoms with Crippen LogP contribution in [-0.2, 0) is 6.42 Å². The molecule has 0 amide bonds. The number of hydrogen-bond donors (Lipinski definition) is 0. The summed E-state index contributed by atoms with van der Waals surface area (Å²) in [5.41, 5.74) is 1.29. The number of benzene rings is 1. The van der Waals surface area contributed by atoms with Crippen molar-refractivity contribution in [2.75, 3.05) is 5.33 Å². The summed E-state index contributed by atoms with van der Waals surface area (Å²) in [6.07, 6.45) is 0.839. The van der Waals surface area contributed by atoms with E-state index >= 15 is 0 Å². The molecule has 1 nitrogen and oxygen atoms in total. The van der Waals surface area contributed by atoms with Crippen LogP contribution in [0.15, 0.2) is 29.6 Å². The highest BCUT2D eigenvalue weighted by molar-refractivity contribution is 9.09. The Morgan fingerprint density at radius 3 is 2.93 bits per heavy atom. The summed E-state index contributed by atoms with van der Waals surface area (Å²) < 4.78 is 1.30. The Morgan fingerprint density at radius 2 is 2.20 bits per heavy atom. The summed E-state index contributed by atoms with van der Waals surface area (Å²) in [5.74, 6) is 0.0722. The molecule has 1 aromatic heterocycles. The highest BCUT2D eigenvalue weighted by atomic mass is 79.9. The largest absolute Gasteiger partial charge is 0.198 e. The first-order valence-corrected chi connectivity index (χ1v) is 6.76. The second-order valence-electron chi connectivity index (χ2n) is 3.44. The predicted octanol–water partition coefficient (Wildman–Crippen LogP) is 3.98. The molecule has 0 saturated carbocycles. The lowest BCUT2D eigenvalue weighted by atomic mass is 10.0. The molecule has 0 aliphatic rings. The average molecular weight is 280 g/mol. The quantitative estimate of drug-likeness (QED) is 0.780. The number of rotatable bonds is 3. The van der Waals surface area contributed by atoms with Crippen molar-refractivity contribution in [3.05, 3.63) is 35.2 Å². The van der Waals surface area contributed by atoms with E-state index in [2.05, 4.69) is 45.6 Å². The minimum Gasteiger partial charge on any atom is -0.198 e. The molecule has 0 aliphatic heterocycles. The van der Waals surface area contributed by atoms with Crippen LogP contribution in [0, 0.1) is 17.2 Å². The topological polar surface area (TPSA) is 23.8 Å². The van der Waals surface area contributed by atoms with Crippen molar-refractivity contribution in [2.45, 2.75) is 6.42 Å². The lowest BCUT2D eigenvalue weighted by Gasteiger charge is -2.03. The van der Waals surface area contributed by atoms with Crippen molar-refractivity contribution >= 4 is 37.4 Å². The van der Waals surface area contributed by atoms with Gasteiger partial charge >= 0.3 is 0 Å². The second-order valence-corrected chi connectivity index (χ2v) is 5.00. The lowest BCUT2D eigenvalue weighted by Crippen LogP contribution is -2.02. The maximum absolute atomic E-state index is 8.92. The van der Waals surface area contributed by atoms with Crippen LogP contribution in [0.5, 0.6) is 0 Å². The number of thiophene rings is 1. The van der Waals surface area contributed by atoms with Gasteiger partial charge in [-0.15, -0.1) is 11.3 Å². The molecule has 1 heterocycles. The van der Waals surface area contributed by atoms with Gasteiger partial charge in [0.2, 0.25) is 0 Å². The zero-order valence-electron chi connectivity index (χ0n) is 8.11. The molecule has 0 N–H and O–H groups in total. The number of nitriles is 1. The van der Waals surface area contributed by atoms with Crippen molar-refractivity contribution < 1.29 is 0 Å². The van der Waals surface area contributed by atoms with E-state index in [4.69, 9.17) is 5.26 Å². The SMILES string of the molecule is N#CC(CBr)Cc1csc2ccccc12. The van der Waals surface area contributed by atoms with E-state index < -0.39 is 0 Å². The Labute approximate surface area is 101 Å².